The van der Waals surface area contributed by atoms with Gasteiger partial charge in [0, 0.05) is 0 Å². The molecule has 1 saturated heterocycles. The summed E-state index contributed by atoms with van der Waals surface area (Å²) < 4.78 is 21.0. The normalized spacial score (nSPS) is 21.6. The van der Waals surface area contributed by atoms with E-state index in [0.717, 1.165) is 10.4 Å². The Kier molecular flexibility index (Phi) is 8.22. The van der Waals surface area contributed by atoms with Gasteiger partial charge < -0.3 is 24.7 Å². The first-order valence-corrected chi connectivity index (χ1v) is 16.9. The quantitative estimate of drug-likeness (QED) is 0.193. The summed E-state index contributed by atoms with van der Waals surface area (Å²) in [7, 11) is -3.07. The second-order valence-corrected chi connectivity index (χ2v) is 16.6. The van der Waals surface area contributed by atoms with Crippen LogP contribution in [0.1, 0.15) is 36.8 Å². The number of fused-ring (bicyclic) bond motifs is 1. The average molecular weight is 634 g/mol. The van der Waals surface area contributed by atoms with Crippen LogP contribution < -0.4 is 16.1 Å². The number of aliphatic hydroxyl groups is 1. The molecule has 3 heterocycles. The van der Waals surface area contributed by atoms with E-state index in [1.54, 1.807) is 42.5 Å². The number of hydrogen-bond donors (Lipinski definition) is 2. The molecule has 3 aromatic carbocycles. The molecule has 0 saturated carbocycles. The first-order valence-electron chi connectivity index (χ1n) is 15.0. The van der Waals surface area contributed by atoms with Gasteiger partial charge in [0.25, 0.3) is 8.32 Å². The Balaban J connectivity index is 1.45. The van der Waals surface area contributed by atoms with Crippen LogP contribution in [0.15, 0.2) is 109 Å². The number of nitrogens with two attached hydrogens (primary N) is 1. The highest BCUT2D eigenvalue weighted by atomic mass is 28.4. The second kappa shape index (κ2) is 12.1. The molecule has 3 N–H and O–H groups in total. The van der Waals surface area contributed by atoms with Crippen LogP contribution in [0.25, 0.3) is 5.52 Å². The van der Waals surface area contributed by atoms with Gasteiger partial charge in [-0.1, -0.05) is 99.6 Å². The number of benzene rings is 3. The number of nitrogens with zero attached hydrogens (tertiary/aromatic N) is 4. The summed E-state index contributed by atoms with van der Waals surface area (Å²) in [5, 5.41) is 28.6. The lowest BCUT2D eigenvalue weighted by molar-refractivity contribution is -0.0627. The summed E-state index contributed by atoms with van der Waals surface area (Å²) in [5.74, 6) is -0.468. The molecule has 10 nitrogen and oxygen atoms in total. The van der Waals surface area contributed by atoms with Gasteiger partial charge in [-0.05, 0) is 39.7 Å². The lowest BCUT2D eigenvalue weighted by Crippen LogP contribution is -2.67. The number of nitrogen functional groups attached to an aromatic ring is 1. The smallest absolute Gasteiger partial charge is 0.338 e. The predicted octanol–water partition coefficient (Wildman–Crippen LogP) is 3.59. The van der Waals surface area contributed by atoms with E-state index < -0.39 is 38.2 Å². The molecule has 4 atom stereocenters. The number of aliphatic hydroxyl groups excluding tert-OH is 1. The Bertz CT molecular complexity index is 1830. The van der Waals surface area contributed by atoms with Gasteiger partial charge in [0.1, 0.15) is 30.1 Å². The molecule has 0 radical (unpaired) electrons. The van der Waals surface area contributed by atoms with E-state index in [-0.39, 0.29) is 23.2 Å². The van der Waals surface area contributed by atoms with Gasteiger partial charge in [0.2, 0.25) is 5.60 Å². The molecule has 6 rings (SSSR count). The Morgan fingerprint density at radius 2 is 1.59 bits per heavy atom. The van der Waals surface area contributed by atoms with Crippen LogP contribution in [0, 0.1) is 11.3 Å². The van der Waals surface area contributed by atoms with Gasteiger partial charge >= 0.3 is 5.97 Å². The van der Waals surface area contributed by atoms with Crippen molar-refractivity contribution in [2.24, 2.45) is 0 Å². The third kappa shape index (κ3) is 5.15. The molecule has 2 aromatic heterocycles. The second-order valence-electron chi connectivity index (χ2n) is 12.3. The summed E-state index contributed by atoms with van der Waals surface area (Å²) in [6.45, 7) is 6.35. The fourth-order valence-corrected chi connectivity index (χ4v) is 11.0. The monoisotopic (exact) mass is 633 g/mol. The number of aromatic nitrogens is 3. The minimum absolute atomic E-state index is 0.0824. The number of carbonyl (C=O) groups is 1. The van der Waals surface area contributed by atoms with Crippen molar-refractivity contribution in [2.45, 2.75) is 49.7 Å². The molecule has 1 aliphatic heterocycles. The molecule has 11 heteroatoms. The third-order valence-electron chi connectivity index (χ3n) is 8.59. The van der Waals surface area contributed by atoms with Crippen molar-refractivity contribution in [3.63, 3.8) is 0 Å². The number of carbonyl (C=O) groups excluding carboxylic acids is 1. The van der Waals surface area contributed by atoms with Gasteiger partial charge in [0.05, 0.1) is 17.9 Å². The van der Waals surface area contributed by atoms with Gasteiger partial charge in [-0.3, -0.25) is 0 Å². The van der Waals surface area contributed by atoms with Crippen LogP contribution in [0.3, 0.4) is 0 Å². The molecule has 46 heavy (non-hydrogen) atoms. The molecule has 1 fully saturated rings. The van der Waals surface area contributed by atoms with Crippen LogP contribution in [0.5, 0.6) is 0 Å². The van der Waals surface area contributed by atoms with Crippen molar-refractivity contribution in [3.8, 4) is 6.07 Å². The molecular weight excluding hydrogens is 599 g/mol. The fourth-order valence-electron chi connectivity index (χ4n) is 6.41. The maximum absolute atomic E-state index is 13.4. The number of ether oxygens (including phenoxy) is 2. The van der Waals surface area contributed by atoms with Crippen LogP contribution in [0.4, 0.5) is 5.82 Å². The van der Waals surface area contributed by atoms with E-state index in [1.807, 2.05) is 36.4 Å². The van der Waals surface area contributed by atoms with Gasteiger partial charge in [-0.15, -0.1) is 0 Å². The van der Waals surface area contributed by atoms with E-state index in [0.29, 0.717) is 11.1 Å². The van der Waals surface area contributed by atoms with Crippen molar-refractivity contribution in [1.82, 2.24) is 14.6 Å². The number of nitriles is 1. The molecule has 0 spiro atoms. The topological polar surface area (TPSA) is 145 Å². The lowest BCUT2D eigenvalue weighted by Gasteiger charge is -2.43. The van der Waals surface area contributed by atoms with E-state index >= 15 is 0 Å². The highest BCUT2D eigenvalue weighted by Gasteiger charge is 2.61. The Morgan fingerprint density at radius 1 is 1.00 bits per heavy atom. The fraction of sp³-hybridized carbons (Fsp3) is 0.257. The molecular formula is C35H35N5O5Si. The molecule has 0 unspecified atom stereocenters. The van der Waals surface area contributed by atoms with Crippen molar-refractivity contribution in [2.75, 3.05) is 12.3 Å². The maximum atomic E-state index is 13.4. The van der Waals surface area contributed by atoms with Crippen molar-refractivity contribution >= 4 is 36.0 Å². The molecule has 5 aromatic rings. The predicted molar refractivity (Wildman–Crippen MR) is 175 cm³/mol. The minimum Gasteiger partial charge on any atom is -0.453 e. The zero-order valence-corrected chi connectivity index (χ0v) is 26.8. The molecule has 234 valence electrons. The summed E-state index contributed by atoms with van der Waals surface area (Å²) in [6, 6.07) is 34.0. The van der Waals surface area contributed by atoms with Crippen LogP contribution >= 0.6 is 0 Å². The van der Waals surface area contributed by atoms with E-state index in [2.05, 4.69) is 61.2 Å². The first-order chi connectivity index (χ1) is 22.1. The highest BCUT2D eigenvalue weighted by molar-refractivity contribution is 6.99. The number of esters is 1. The molecule has 0 bridgehead atoms. The lowest BCUT2D eigenvalue weighted by atomic mass is 9.92. The highest BCUT2D eigenvalue weighted by Crippen LogP contribution is 2.43. The zero-order valence-electron chi connectivity index (χ0n) is 25.8. The SMILES string of the molecule is CC(C)(C)[Si](OC[C@H]1O[C@@](C#N)(c2ccc3c(N)ncnn23)[C@H](O)[C@@H]1OC(=O)c1ccccc1)(c1ccccc1)c1ccccc1. The maximum Gasteiger partial charge on any atom is 0.338 e. The van der Waals surface area contributed by atoms with E-state index in [1.165, 1.54) is 10.8 Å². The van der Waals surface area contributed by atoms with Crippen LogP contribution in [-0.2, 0) is 19.5 Å². The third-order valence-corrected chi connectivity index (χ3v) is 13.6. The standard InChI is InChI=1S/C35H35N5O5Si/c1-34(2,3)46(25-15-9-5-10-16-25,26-17-11-6-12-18-26)43-21-28-30(44-33(42)24-13-7-4-8-14-24)31(41)35(22-36,45-28)29-20-19-27-32(37)38-23-39-40(27)29/h4-20,23,28,30-31,41H,21H2,1-3H3,(H2,37,38,39)/t28-,30-,31-,35+/m1/s1. The Morgan fingerprint density at radius 3 is 2.15 bits per heavy atom. The van der Waals surface area contributed by atoms with Crippen LogP contribution in [-0.4, -0.2) is 58.9 Å². The molecule has 1 aliphatic rings. The largest absolute Gasteiger partial charge is 0.453 e. The molecule has 0 amide bonds. The van der Waals surface area contributed by atoms with Gasteiger partial charge in [0.15, 0.2) is 11.9 Å². The van der Waals surface area contributed by atoms with Crippen LogP contribution in [0.2, 0.25) is 5.04 Å². The van der Waals surface area contributed by atoms with Crippen molar-refractivity contribution in [3.05, 3.63) is 121 Å². The number of hydrogen-bond acceptors (Lipinski definition) is 9. The average Bonchev–Trinajstić information content (AvgIpc) is 3.62. The van der Waals surface area contributed by atoms with Gasteiger partial charge in [-0.2, -0.15) is 10.4 Å². The number of anilines is 1. The Hall–Kier alpha value is -4.86. The summed E-state index contributed by atoms with van der Waals surface area (Å²) in [6.07, 6.45) is -2.65. The summed E-state index contributed by atoms with van der Waals surface area (Å²) >= 11 is 0. The number of rotatable bonds is 8. The molecule has 0 aliphatic carbocycles. The minimum atomic E-state index is -3.07. The van der Waals surface area contributed by atoms with Gasteiger partial charge in [-0.25, -0.2) is 14.3 Å². The Labute approximate surface area is 268 Å². The van der Waals surface area contributed by atoms with E-state index in [4.69, 9.17) is 19.6 Å². The summed E-state index contributed by atoms with van der Waals surface area (Å²) in [4.78, 5) is 17.4. The van der Waals surface area contributed by atoms with E-state index in [9.17, 15) is 15.2 Å². The van der Waals surface area contributed by atoms with Crippen molar-refractivity contribution in [1.29, 1.82) is 5.26 Å². The first kappa shape index (κ1) is 31.1. The zero-order chi connectivity index (χ0) is 32.5. The summed E-state index contributed by atoms with van der Waals surface area (Å²) in [5.41, 5.74) is 5.05. The van der Waals surface area contributed by atoms with Crippen molar-refractivity contribution < 1.29 is 23.8 Å².